The summed E-state index contributed by atoms with van der Waals surface area (Å²) < 4.78 is 1.77. The Morgan fingerprint density at radius 2 is 1.92 bits per heavy atom. The Hall–Kier alpha value is -1.63. The minimum atomic E-state index is 0.533. The SMILES string of the molecule is CCNC(=NCc1ncnn1C)NCC(C(CC)CC)N1CCCC1. The van der Waals surface area contributed by atoms with Crippen LogP contribution >= 0.6 is 0 Å². The summed E-state index contributed by atoms with van der Waals surface area (Å²) in [4.78, 5) is 11.6. The highest BCUT2D eigenvalue weighted by Gasteiger charge is 2.27. The van der Waals surface area contributed by atoms with Gasteiger partial charge in [-0.3, -0.25) is 9.58 Å². The number of guanidine groups is 1. The maximum atomic E-state index is 4.68. The molecule has 142 valence electrons. The molecule has 0 radical (unpaired) electrons. The number of aryl methyl sites for hydroxylation is 1. The number of aliphatic imine (C=N–C) groups is 1. The third kappa shape index (κ3) is 5.70. The Morgan fingerprint density at radius 3 is 2.48 bits per heavy atom. The first-order valence-corrected chi connectivity index (χ1v) is 9.78. The highest BCUT2D eigenvalue weighted by atomic mass is 15.3. The molecule has 1 unspecified atom stereocenters. The van der Waals surface area contributed by atoms with Crippen molar-refractivity contribution in [3.63, 3.8) is 0 Å². The standard InChI is InChI=1S/C18H35N7/c1-5-15(6-2)16(25-10-8-9-11-25)12-20-18(19-7-3)21-13-17-22-14-23-24(17)4/h14-16H,5-13H2,1-4H3,(H2,19,20,21). The summed E-state index contributed by atoms with van der Waals surface area (Å²) in [5.41, 5.74) is 0. The maximum absolute atomic E-state index is 4.68. The van der Waals surface area contributed by atoms with Crippen LogP contribution in [-0.4, -0.2) is 57.8 Å². The average Bonchev–Trinajstić information content (AvgIpc) is 3.28. The van der Waals surface area contributed by atoms with Gasteiger partial charge in [-0.05, 0) is 38.8 Å². The van der Waals surface area contributed by atoms with E-state index in [0.29, 0.717) is 12.6 Å². The third-order valence-electron chi connectivity index (χ3n) is 5.21. The zero-order valence-corrected chi connectivity index (χ0v) is 16.3. The monoisotopic (exact) mass is 349 g/mol. The van der Waals surface area contributed by atoms with Crippen molar-refractivity contribution in [1.29, 1.82) is 0 Å². The van der Waals surface area contributed by atoms with Crippen molar-refractivity contribution < 1.29 is 0 Å². The van der Waals surface area contributed by atoms with Crippen LogP contribution in [0.4, 0.5) is 0 Å². The molecule has 0 spiro atoms. The second-order valence-corrected chi connectivity index (χ2v) is 6.76. The van der Waals surface area contributed by atoms with Crippen LogP contribution in [0.3, 0.4) is 0 Å². The molecule has 1 aromatic heterocycles. The van der Waals surface area contributed by atoms with E-state index in [1.54, 1.807) is 11.0 Å². The Morgan fingerprint density at radius 1 is 1.20 bits per heavy atom. The van der Waals surface area contributed by atoms with Crippen molar-refractivity contribution in [3.05, 3.63) is 12.2 Å². The quantitative estimate of drug-likeness (QED) is 0.525. The maximum Gasteiger partial charge on any atom is 0.191 e. The Balaban J connectivity index is 1.99. The zero-order chi connectivity index (χ0) is 18.1. The number of rotatable bonds is 9. The fourth-order valence-corrected chi connectivity index (χ4v) is 3.66. The Labute approximate surface area is 152 Å². The van der Waals surface area contributed by atoms with Gasteiger partial charge in [-0.25, -0.2) is 9.98 Å². The normalized spacial score (nSPS) is 17.2. The summed E-state index contributed by atoms with van der Waals surface area (Å²) in [6, 6.07) is 0.580. The second-order valence-electron chi connectivity index (χ2n) is 6.76. The molecule has 0 aromatic carbocycles. The topological polar surface area (TPSA) is 70.4 Å². The lowest BCUT2D eigenvalue weighted by Crippen LogP contribution is -2.49. The fraction of sp³-hybridized carbons (Fsp3) is 0.833. The van der Waals surface area contributed by atoms with Gasteiger partial charge in [-0.1, -0.05) is 26.7 Å². The van der Waals surface area contributed by atoms with E-state index < -0.39 is 0 Å². The first-order valence-electron chi connectivity index (χ1n) is 9.78. The van der Waals surface area contributed by atoms with Crippen molar-refractivity contribution >= 4 is 5.96 Å². The van der Waals surface area contributed by atoms with Crippen LogP contribution < -0.4 is 10.6 Å². The molecule has 1 atom stereocenters. The van der Waals surface area contributed by atoms with Gasteiger partial charge in [0, 0.05) is 26.2 Å². The van der Waals surface area contributed by atoms with Crippen LogP contribution in [0.15, 0.2) is 11.3 Å². The van der Waals surface area contributed by atoms with Gasteiger partial charge in [0.05, 0.1) is 0 Å². The molecule has 7 nitrogen and oxygen atoms in total. The number of nitrogens with one attached hydrogen (secondary N) is 2. The van der Waals surface area contributed by atoms with Gasteiger partial charge in [0.2, 0.25) is 0 Å². The Kier molecular flexibility index (Phi) is 8.18. The molecular formula is C18H35N7. The summed E-state index contributed by atoms with van der Waals surface area (Å²) >= 11 is 0. The molecule has 0 saturated carbocycles. The summed E-state index contributed by atoms with van der Waals surface area (Å²) in [5, 5.41) is 11.0. The van der Waals surface area contributed by atoms with Gasteiger partial charge in [-0.2, -0.15) is 5.10 Å². The number of nitrogens with zero attached hydrogens (tertiary/aromatic N) is 5. The van der Waals surface area contributed by atoms with Crippen molar-refractivity contribution in [1.82, 2.24) is 30.3 Å². The lowest BCUT2D eigenvalue weighted by Gasteiger charge is -2.34. The summed E-state index contributed by atoms with van der Waals surface area (Å²) in [5.74, 6) is 2.46. The van der Waals surface area contributed by atoms with Crippen molar-refractivity contribution in [2.45, 2.75) is 59.0 Å². The predicted octanol–water partition coefficient (Wildman–Crippen LogP) is 1.77. The number of hydrogen-bond donors (Lipinski definition) is 2. The molecule has 2 heterocycles. The lowest BCUT2D eigenvalue weighted by atomic mass is 9.93. The van der Waals surface area contributed by atoms with E-state index in [0.717, 1.165) is 30.8 Å². The summed E-state index contributed by atoms with van der Waals surface area (Å²) in [6.07, 6.45) is 6.69. The molecule has 1 aromatic rings. The highest BCUT2D eigenvalue weighted by Crippen LogP contribution is 2.22. The van der Waals surface area contributed by atoms with Gasteiger partial charge in [-0.15, -0.1) is 0 Å². The molecule has 0 aliphatic carbocycles. The van der Waals surface area contributed by atoms with Gasteiger partial charge >= 0.3 is 0 Å². The molecule has 2 N–H and O–H groups in total. The minimum absolute atomic E-state index is 0.533. The number of likely N-dealkylation sites (tertiary alicyclic amines) is 1. The third-order valence-corrected chi connectivity index (χ3v) is 5.21. The van der Waals surface area contributed by atoms with Gasteiger partial charge in [0.25, 0.3) is 0 Å². The smallest absolute Gasteiger partial charge is 0.191 e. The average molecular weight is 350 g/mol. The van der Waals surface area contributed by atoms with E-state index in [1.807, 2.05) is 7.05 Å². The number of hydrogen-bond acceptors (Lipinski definition) is 4. The van der Waals surface area contributed by atoms with E-state index in [4.69, 9.17) is 0 Å². The molecule has 0 bridgehead atoms. The molecule has 25 heavy (non-hydrogen) atoms. The van der Waals surface area contributed by atoms with Crippen LogP contribution in [0.2, 0.25) is 0 Å². The van der Waals surface area contributed by atoms with E-state index in [-0.39, 0.29) is 0 Å². The van der Waals surface area contributed by atoms with E-state index >= 15 is 0 Å². The van der Waals surface area contributed by atoms with Crippen molar-refractivity contribution in [2.24, 2.45) is 18.0 Å². The van der Waals surface area contributed by atoms with E-state index in [2.05, 4.69) is 51.4 Å². The lowest BCUT2D eigenvalue weighted by molar-refractivity contribution is 0.166. The van der Waals surface area contributed by atoms with E-state index in [9.17, 15) is 0 Å². The molecule has 2 rings (SSSR count). The Bertz CT molecular complexity index is 513. The second kappa shape index (κ2) is 10.4. The highest BCUT2D eigenvalue weighted by molar-refractivity contribution is 5.79. The molecular weight excluding hydrogens is 314 g/mol. The van der Waals surface area contributed by atoms with E-state index in [1.165, 1.54) is 38.8 Å². The van der Waals surface area contributed by atoms with Gasteiger partial charge in [0.1, 0.15) is 18.7 Å². The molecule has 7 heteroatoms. The van der Waals surface area contributed by atoms with Crippen LogP contribution in [-0.2, 0) is 13.6 Å². The first kappa shape index (κ1) is 19.7. The van der Waals surface area contributed by atoms with Crippen molar-refractivity contribution in [3.8, 4) is 0 Å². The summed E-state index contributed by atoms with van der Waals surface area (Å²) in [6.45, 7) is 11.5. The van der Waals surface area contributed by atoms with Gasteiger partial charge < -0.3 is 10.6 Å². The molecule has 1 aliphatic heterocycles. The zero-order valence-electron chi connectivity index (χ0n) is 16.3. The minimum Gasteiger partial charge on any atom is -0.357 e. The molecule has 1 aliphatic rings. The van der Waals surface area contributed by atoms with Gasteiger partial charge in [0.15, 0.2) is 5.96 Å². The molecule has 1 fully saturated rings. The molecule has 1 saturated heterocycles. The van der Waals surface area contributed by atoms with Crippen LogP contribution in [0.1, 0.15) is 52.3 Å². The first-order chi connectivity index (χ1) is 12.2. The molecule has 0 amide bonds. The largest absolute Gasteiger partial charge is 0.357 e. The number of aromatic nitrogens is 3. The van der Waals surface area contributed by atoms with Crippen molar-refractivity contribution in [2.75, 3.05) is 26.2 Å². The predicted molar refractivity (Wildman–Crippen MR) is 102 cm³/mol. The van der Waals surface area contributed by atoms with Crippen LogP contribution in [0, 0.1) is 5.92 Å². The summed E-state index contributed by atoms with van der Waals surface area (Å²) in [7, 11) is 1.90. The fourth-order valence-electron chi connectivity index (χ4n) is 3.66. The van der Waals surface area contributed by atoms with Crippen LogP contribution in [0.25, 0.3) is 0 Å². The van der Waals surface area contributed by atoms with Crippen LogP contribution in [0.5, 0.6) is 0 Å².